The van der Waals surface area contributed by atoms with Gasteiger partial charge in [-0.05, 0) is 51.7 Å². The average molecular weight is 333 g/mol. The molecular formula is C13H17BrO3S. The van der Waals surface area contributed by atoms with Gasteiger partial charge in [-0.25, -0.2) is 0 Å². The van der Waals surface area contributed by atoms with Crippen molar-refractivity contribution in [2.75, 3.05) is 19.8 Å². The quantitative estimate of drug-likeness (QED) is 0.904. The number of aliphatic hydroxyl groups is 1. The van der Waals surface area contributed by atoms with Crippen LogP contribution in [-0.2, 0) is 9.47 Å². The maximum absolute atomic E-state index is 10.5. The molecule has 100 valence electrons. The summed E-state index contributed by atoms with van der Waals surface area (Å²) in [5.74, 6) is 0.280. The van der Waals surface area contributed by atoms with E-state index in [1.807, 2.05) is 11.4 Å². The summed E-state index contributed by atoms with van der Waals surface area (Å²) in [7, 11) is 0. The summed E-state index contributed by atoms with van der Waals surface area (Å²) in [6.07, 6.45) is 2.41. The Bertz CT molecular complexity index is 414. The van der Waals surface area contributed by atoms with Crippen LogP contribution in [0.5, 0.6) is 0 Å². The van der Waals surface area contributed by atoms with E-state index >= 15 is 0 Å². The van der Waals surface area contributed by atoms with E-state index in [0.29, 0.717) is 6.61 Å². The first-order chi connectivity index (χ1) is 8.69. The Morgan fingerprint density at radius 2 is 2.39 bits per heavy atom. The number of ether oxygens (including phenoxy) is 2. The molecule has 0 bridgehead atoms. The van der Waals surface area contributed by atoms with E-state index in [9.17, 15) is 5.11 Å². The van der Waals surface area contributed by atoms with Gasteiger partial charge in [-0.15, -0.1) is 11.3 Å². The summed E-state index contributed by atoms with van der Waals surface area (Å²) < 4.78 is 12.4. The molecule has 5 heteroatoms. The van der Waals surface area contributed by atoms with Crippen molar-refractivity contribution < 1.29 is 14.6 Å². The molecule has 0 saturated carbocycles. The van der Waals surface area contributed by atoms with E-state index in [-0.39, 0.29) is 17.6 Å². The maximum Gasteiger partial charge on any atom is 0.0940 e. The summed E-state index contributed by atoms with van der Waals surface area (Å²) in [6, 6.07) is 2.02. The van der Waals surface area contributed by atoms with Gasteiger partial charge in [0.2, 0.25) is 0 Å². The Hall–Kier alpha value is 0.0600. The minimum absolute atomic E-state index is 0.128. The van der Waals surface area contributed by atoms with Gasteiger partial charge in [-0.1, -0.05) is 0 Å². The molecule has 3 unspecified atom stereocenters. The van der Waals surface area contributed by atoms with Crippen LogP contribution in [0.2, 0.25) is 0 Å². The fourth-order valence-corrected chi connectivity index (χ4v) is 4.15. The zero-order chi connectivity index (χ0) is 12.6. The highest BCUT2D eigenvalue weighted by Crippen LogP contribution is 2.41. The average Bonchev–Trinajstić information content (AvgIpc) is 2.98. The van der Waals surface area contributed by atoms with Crippen molar-refractivity contribution in [3.63, 3.8) is 0 Å². The monoisotopic (exact) mass is 332 g/mol. The lowest BCUT2D eigenvalue weighted by Crippen LogP contribution is -2.41. The van der Waals surface area contributed by atoms with E-state index in [2.05, 4.69) is 15.9 Å². The Morgan fingerprint density at radius 3 is 3.06 bits per heavy atom. The molecule has 18 heavy (non-hydrogen) atoms. The standard InChI is InChI=1S/C13H17BrO3S/c14-11-5-10(7-18-11)12(15)9-1-3-17-13(6-9)2-4-16-8-13/h5,7,9,12,15H,1-4,6,8H2. The first-order valence-corrected chi connectivity index (χ1v) is 7.99. The van der Waals surface area contributed by atoms with Crippen molar-refractivity contribution in [2.24, 2.45) is 5.92 Å². The predicted molar refractivity (Wildman–Crippen MR) is 73.8 cm³/mol. The SMILES string of the molecule is OC(c1csc(Br)c1)C1CCOC2(CCOC2)C1. The molecule has 0 amide bonds. The number of hydrogen-bond acceptors (Lipinski definition) is 4. The fraction of sp³-hybridized carbons (Fsp3) is 0.692. The minimum atomic E-state index is -0.381. The summed E-state index contributed by atoms with van der Waals surface area (Å²) >= 11 is 5.07. The summed E-state index contributed by atoms with van der Waals surface area (Å²) in [4.78, 5) is 0. The number of thiophene rings is 1. The first-order valence-electron chi connectivity index (χ1n) is 6.32. The van der Waals surface area contributed by atoms with Gasteiger partial charge in [0.25, 0.3) is 0 Å². The lowest BCUT2D eigenvalue weighted by molar-refractivity contribution is -0.117. The smallest absolute Gasteiger partial charge is 0.0940 e. The Morgan fingerprint density at radius 1 is 1.50 bits per heavy atom. The topological polar surface area (TPSA) is 38.7 Å². The lowest BCUT2D eigenvalue weighted by atomic mass is 9.81. The third-order valence-electron chi connectivity index (χ3n) is 3.97. The zero-order valence-electron chi connectivity index (χ0n) is 10.1. The maximum atomic E-state index is 10.5. The van der Waals surface area contributed by atoms with E-state index in [1.54, 1.807) is 11.3 Å². The van der Waals surface area contributed by atoms with Gasteiger partial charge in [0.15, 0.2) is 0 Å². The highest BCUT2D eigenvalue weighted by Gasteiger charge is 2.43. The minimum Gasteiger partial charge on any atom is -0.388 e. The number of rotatable bonds is 2. The molecule has 3 nitrogen and oxygen atoms in total. The molecule has 1 N–H and O–H groups in total. The second-order valence-electron chi connectivity index (χ2n) is 5.22. The third kappa shape index (κ3) is 2.51. The molecule has 3 atom stereocenters. The van der Waals surface area contributed by atoms with Crippen molar-refractivity contribution in [3.05, 3.63) is 20.8 Å². The van der Waals surface area contributed by atoms with Crippen LogP contribution in [0.15, 0.2) is 15.2 Å². The molecule has 3 heterocycles. The van der Waals surface area contributed by atoms with Crippen LogP contribution in [0.1, 0.15) is 30.9 Å². The predicted octanol–water partition coefficient (Wildman–Crippen LogP) is 3.13. The summed E-state index contributed by atoms with van der Waals surface area (Å²) in [6.45, 7) is 2.20. The van der Waals surface area contributed by atoms with Gasteiger partial charge in [0.1, 0.15) is 0 Å². The normalized spacial score (nSPS) is 34.0. The van der Waals surface area contributed by atoms with Crippen molar-refractivity contribution in [3.8, 4) is 0 Å². The molecule has 1 aromatic heterocycles. The Labute approximate surface area is 119 Å². The Balaban J connectivity index is 1.72. The molecule has 2 fully saturated rings. The first kappa shape index (κ1) is 13.1. The molecule has 1 aromatic rings. The largest absolute Gasteiger partial charge is 0.388 e. The van der Waals surface area contributed by atoms with Gasteiger partial charge >= 0.3 is 0 Å². The molecule has 0 radical (unpaired) electrons. The summed E-state index contributed by atoms with van der Waals surface area (Å²) in [5.41, 5.74) is 0.893. The molecule has 0 aliphatic carbocycles. The van der Waals surface area contributed by atoms with E-state index in [0.717, 1.165) is 41.8 Å². The highest BCUT2D eigenvalue weighted by molar-refractivity contribution is 9.11. The molecular weight excluding hydrogens is 316 g/mol. The van der Waals surface area contributed by atoms with Gasteiger partial charge in [-0.3, -0.25) is 0 Å². The van der Waals surface area contributed by atoms with Gasteiger partial charge < -0.3 is 14.6 Å². The second-order valence-corrected chi connectivity index (χ2v) is 7.51. The second kappa shape index (κ2) is 5.21. The van der Waals surface area contributed by atoms with Crippen LogP contribution in [0, 0.1) is 5.92 Å². The van der Waals surface area contributed by atoms with Gasteiger partial charge in [-0.2, -0.15) is 0 Å². The van der Waals surface area contributed by atoms with E-state index in [1.165, 1.54) is 0 Å². The van der Waals surface area contributed by atoms with Crippen LogP contribution in [0.3, 0.4) is 0 Å². The van der Waals surface area contributed by atoms with Crippen molar-refractivity contribution in [2.45, 2.75) is 31.0 Å². The van der Waals surface area contributed by atoms with Crippen LogP contribution in [0.4, 0.5) is 0 Å². The van der Waals surface area contributed by atoms with Crippen LogP contribution in [-0.4, -0.2) is 30.5 Å². The third-order valence-corrected chi connectivity index (χ3v) is 5.50. The van der Waals surface area contributed by atoms with Gasteiger partial charge in [0, 0.05) is 19.6 Å². The highest BCUT2D eigenvalue weighted by atomic mass is 79.9. The fourth-order valence-electron chi connectivity index (χ4n) is 2.95. The lowest BCUT2D eigenvalue weighted by Gasteiger charge is -2.38. The van der Waals surface area contributed by atoms with Crippen LogP contribution in [0.25, 0.3) is 0 Å². The Kier molecular flexibility index (Phi) is 3.78. The van der Waals surface area contributed by atoms with Crippen LogP contribution < -0.4 is 0 Å². The zero-order valence-corrected chi connectivity index (χ0v) is 12.5. The molecule has 2 aliphatic heterocycles. The van der Waals surface area contributed by atoms with E-state index < -0.39 is 0 Å². The molecule has 1 spiro atoms. The van der Waals surface area contributed by atoms with Crippen molar-refractivity contribution in [1.29, 1.82) is 0 Å². The van der Waals surface area contributed by atoms with Crippen molar-refractivity contribution >= 4 is 27.3 Å². The molecule has 0 aromatic carbocycles. The number of aliphatic hydroxyl groups excluding tert-OH is 1. The van der Waals surface area contributed by atoms with Gasteiger partial charge in [0.05, 0.1) is 22.1 Å². The molecule has 3 rings (SSSR count). The van der Waals surface area contributed by atoms with Crippen molar-refractivity contribution in [1.82, 2.24) is 0 Å². The van der Waals surface area contributed by atoms with Crippen LogP contribution >= 0.6 is 27.3 Å². The summed E-state index contributed by atoms with van der Waals surface area (Å²) in [5, 5.41) is 12.5. The number of hydrogen-bond donors (Lipinski definition) is 1. The number of halogens is 1. The molecule has 2 aliphatic rings. The van der Waals surface area contributed by atoms with E-state index in [4.69, 9.17) is 9.47 Å². The molecule has 2 saturated heterocycles.